The lowest BCUT2D eigenvalue weighted by molar-refractivity contribution is -0.140. The number of halogens is 4. The lowest BCUT2D eigenvalue weighted by Gasteiger charge is -2.10. The van der Waals surface area contributed by atoms with Crippen molar-refractivity contribution < 1.29 is 17.6 Å². The van der Waals surface area contributed by atoms with Gasteiger partial charge in [-0.2, -0.15) is 13.2 Å². The van der Waals surface area contributed by atoms with Gasteiger partial charge in [0.15, 0.2) is 0 Å². The molecule has 0 aliphatic rings. The molecule has 0 heterocycles. The summed E-state index contributed by atoms with van der Waals surface area (Å²) < 4.78 is 50.4. The molecule has 7 heteroatoms. The second kappa shape index (κ2) is 7.42. The first-order chi connectivity index (χ1) is 9.21. The highest BCUT2D eigenvalue weighted by Crippen LogP contribution is 2.32. The highest BCUT2D eigenvalue weighted by Gasteiger charge is 2.34. The van der Waals surface area contributed by atoms with E-state index in [-0.39, 0.29) is 17.1 Å². The summed E-state index contributed by atoms with van der Waals surface area (Å²) in [6.45, 7) is 4.00. The molecular weight excluding hydrogens is 274 g/mol. The van der Waals surface area contributed by atoms with Crippen molar-refractivity contribution in [3.05, 3.63) is 53.1 Å². The molecule has 0 amide bonds. The maximum absolute atomic E-state index is 13.0. The molecule has 0 fully saturated rings. The number of alkyl halides is 3. The summed E-state index contributed by atoms with van der Waals surface area (Å²) in [6, 6.07) is 2.47. The smallest absolute Gasteiger partial charge is 0.398 e. The Hall–Kier alpha value is -2.18. The van der Waals surface area contributed by atoms with Crippen LogP contribution in [0, 0.1) is 5.82 Å². The van der Waals surface area contributed by atoms with Gasteiger partial charge < -0.3 is 17.2 Å². The minimum Gasteiger partial charge on any atom is -0.398 e. The molecule has 0 aliphatic carbocycles. The Morgan fingerprint density at radius 3 is 2.05 bits per heavy atom. The third kappa shape index (κ3) is 5.21. The fourth-order valence-electron chi connectivity index (χ4n) is 1.20. The third-order valence-electron chi connectivity index (χ3n) is 2.06. The van der Waals surface area contributed by atoms with Crippen LogP contribution in [0.1, 0.15) is 25.0 Å². The van der Waals surface area contributed by atoms with Crippen molar-refractivity contribution in [1.82, 2.24) is 0 Å². The van der Waals surface area contributed by atoms with Crippen molar-refractivity contribution in [3.8, 4) is 0 Å². The van der Waals surface area contributed by atoms with Crippen LogP contribution in [-0.2, 0) is 6.18 Å². The normalized spacial score (nSPS) is 11.4. The second-order valence-electron chi connectivity index (χ2n) is 3.48. The molecule has 0 aromatic heterocycles. The maximum atomic E-state index is 13.0. The van der Waals surface area contributed by atoms with Gasteiger partial charge in [0.25, 0.3) is 0 Å². The molecule has 1 rings (SSSR count). The van der Waals surface area contributed by atoms with Crippen molar-refractivity contribution >= 4 is 5.70 Å². The van der Waals surface area contributed by atoms with Crippen LogP contribution in [-0.4, -0.2) is 0 Å². The van der Waals surface area contributed by atoms with Crippen molar-refractivity contribution in [1.29, 1.82) is 0 Å². The summed E-state index contributed by atoms with van der Waals surface area (Å²) in [7, 11) is 0. The standard InChI is InChI=1S/C11H11F4N3.C2H6/c12-8-2-1-6(5-7(8)11(13,14)15)9(16)3-4-10(17)18;1-2/h1-5H,16-18H2;1-2H3/b9-3-;. The van der Waals surface area contributed by atoms with Crippen molar-refractivity contribution in [2.45, 2.75) is 20.0 Å². The van der Waals surface area contributed by atoms with Crippen molar-refractivity contribution in [2.75, 3.05) is 0 Å². The first-order valence-corrected chi connectivity index (χ1v) is 5.77. The van der Waals surface area contributed by atoms with E-state index >= 15 is 0 Å². The van der Waals surface area contributed by atoms with Gasteiger partial charge in [0.1, 0.15) is 5.82 Å². The van der Waals surface area contributed by atoms with Crippen LogP contribution in [0.25, 0.3) is 5.70 Å². The largest absolute Gasteiger partial charge is 0.419 e. The first-order valence-electron chi connectivity index (χ1n) is 5.77. The quantitative estimate of drug-likeness (QED) is 0.579. The van der Waals surface area contributed by atoms with Gasteiger partial charge >= 0.3 is 6.18 Å². The Balaban J connectivity index is 0.00000172. The average molecular weight is 291 g/mol. The van der Waals surface area contributed by atoms with Crippen molar-refractivity contribution in [3.63, 3.8) is 0 Å². The summed E-state index contributed by atoms with van der Waals surface area (Å²) >= 11 is 0. The van der Waals surface area contributed by atoms with E-state index in [1.54, 1.807) is 0 Å². The summed E-state index contributed by atoms with van der Waals surface area (Å²) in [5.74, 6) is -1.40. The van der Waals surface area contributed by atoms with E-state index in [9.17, 15) is 17.6 Å². The fraction of sp³-hybridized carbons (Fsp3) is 0.231. The molecular formula is C13H17F4N3. The predicted molar refractivity (Wildman–Crippen MR) is 71.4 cm³/mol. The molecule has 112 valence electrons. The van der Waals surface area contributed by atoms with Gasteiger partial charge in [0.05, 0.1) is 11.4 Å². The molecule has 0 saturated heterocycles. The Kier molecular flexibility index (Phi) is 6.61. The summed E-state index contributed by atoms with van der Waals surface area (Å²) in [5.41, 5.74) is 14.5. The van der Waals surface area contributed by atoms with Crippen LogP contribution in [0.5, 0.6) is 0 Å². The highest BCUT2D eigenvalue weighted by atomic mass is 19.4. The minimum absolute atomic E-state index is 0.00565. The van der Waals surface area contributed by atoms with E-state index in [1.807, 2.05) is 13.8 Å². The van der Waals surface area contributed by atoms with Gasteiger partial charge in [-0.1, -0.05) is 13.8 Å². The third-order valence-corrected chi connectivity index (χ3v) is 2.06. The van der Waals surface area contributed by atoms with Gasteiger partial charge in [-0.25, -0.2) is 4.39 Å². The molecule has 1 aromatic carbocycles. The Morgan fingerprint density at radius 1 is 1.05 bits per heavy atom. The van der Waals surface area contributed by atoms with Gasteiger partial charge in [-0.05, 0) is 35.9 Å². The zero-order chi connectivity index (χ0) is 15.9. The van der Waals surface area contributed by atoms with Crippen molar-refractivity contribution in [2.24, 2.45) is 17.2 Å². The molecule has 0 saturated carbocycles. The van der Waals surface area contributed by atoms with E-state index in [2.05, 4.69) is 0 Å². The SMILES string of the molecule is CC.NC(N)=C/C=C(\N)c1ccc(F)c(C(F)(F)F)c1. The molecule has 0 unspecified atom stereocenters. The van der Waals surface area contributed by atoms with Crippen LogP contribution < -0.4 is 17.2 Å². The van der Waals surface area contributed by atoms with Crippen LogP contribution in [0.4, 0.5) is 17.6 Å². The molecule has 0 bridgehead atoms. The van der Waals surface area contributed by atoms with Gasteiger partial charge in [-0.3, -0.25) is 0 Å². The number of nitrogens with two attached hydrogens (primary N) is 3. The van der Waals surface area contributed by atoms with E-state index < -0.39 is 17.6 Å². The Labute approximate surface area is 114 Å². The van der Waals surface area contributed by atoms with Crippen LogP contribution in [0.3, 0.4) is 0 Å². The molecule has 3 nitrogen and oxygen atoms in total. The summed E-state index contributed by atoms with van der Waals surface area (Å²) in [5, 5.41) is 0. The number of allylic oxidation sites excluding steroid dienone is 2. The van der Waals surface area contributed by atoms with E-state index in [0.717, 1.165) is 6.07 Å². The Morgan fingerprint density at radius 2 is 1.60 bits per heavy atom. The second-order valence-corrected chi connectivity index (χ2v) is 3.48. The van der Waals surface area contributed by atoms with Gasteiger partial charge in [-0.15, -0.1) is 0 Å². The highest BCUT2D eigenvalue weighted by molar-refractivity contribution is 5.65. The monoisotopic (exact) mass is 291 g/mol. The first kappa shape index (κ1) is 17.8. The van der Waals surface area contributed by atoms with E-state index in [1.165, 1.54) is 12.2 Å². The topological polar surface area (TPSA) is 78.1 Å². The van der Waals surface area contributed by atoms with Crippen LogP contribution in [0.15, 0.2) is 36.2 Å². The molecule has 20 heavy (non-hydrogen) atoms. The number of rotatable bonds is 2. The molecule has 1 aromatic rings. The number of hydrogen-bond acceptors (Lipinski definition) is 3. The lowest BCUT2D eigenvalue weighted by atomic mass is 10.1. The molecule has 0 radical (unpaired) electrons. The number of hydrogen-bond donors (Lipinski definition) is 3. The van der Waals surface area contributed by atoms with Gasteiger partial charge in [0.2, 0.25) is 0 Å². The average Bonchev–Trinajstić information content (AvgIpc) is 2.37. The van der Waals surface area contributed by atoms with E-state index in [0.29, 0.717) is 12.1 Å². The molecule has 0 spiro atoms. The summed E-state index contributed by atoms with van der Waals surface area (Å²) in [4.78, 5) is 0. The number of benzene rings is 1. The lowest BCUT2D eigenvalue weighted by Crippen LogP contribution is -2.10. The molecule has 6 N–H and O–H groups in total. The summed E-state index contributed by atoms with van der Waals surface area (Å²) in [6.07, 6.45) is -2.31. The van der Waals surface area contributed by atoms with E-state index in [4.69, 9.17) is 17.2 Å². The molecule has 0 atom stereocenters. The maximum Gasteiger partial charge on any atom is 0.419 e. The minimum atomic E-state index is -4.77. The molecule has 0 aliphatic heterocycles. The zero-order valence-electron chi connectivity index (χ0n) is 11.1. The zero-order valence-corrected chi connectivity index (χ0v) is 11.1. The Bertz CT molecular complexity index is 501. The van der Waals surface area contributed by atoms with Gasteiger partial charge in [0, 0.05) is 5.70 Å². The fourth-order valence-corrected chi connectivity index (χ4v) is 1.20. The van der Waals surface area contributed by atoms with Crippen LogP contribution in [0.2, 0.25) is 0 Å². The predicted octanol–water partition coefficient (Wildman–Crippen LogP) is 2.93. The van der Waals surface area contributed by atoms with Crippen LogP contribution >= 0.6 is 0 Å².